The summed E-state index contributed by atoms with van der Waals surface area (Å²) in [6.45, 7) is 0. The van der Waals surface area contributed by atoms with Gasteiger partial charge in [0.1, 0.15) is 0 Å². The second kappa shape index (κ2) is 5.97. The van der Waals surface area contributed by atoms with Crippen molar-refractivity contribution in [1.29, 1.82) is 0 Å². The van der Waals surface area contributed by atoms with Gasteiger partial charge in [-0.15, -0.1) is 0 Å². The Bertz CT molecular complexity index is 611. The van der Waals surface area contributed by atoms with Crippen LogP contribution in [-0.4, -0.2) is 25.3 Å². The van der Waals surface area contributed by atoms with Crippen LogP contribution in [0, 0.1) is 0 Å². The van der Waals surface area contributed by atoms with Gasteiger partial charge >= 0.3 is 5.97 Å². The molecular weight excluding hydrogens is 258 g/mol. The number of anilines is 2. The lowest BCUT2D eigenvalue weighted by molar-refractivity contribution is 0.0601. The fourth-order valence-corrected chi connectivity index (χ4v) is 1.79. The summed E-state index contributed by atoms with van der Waals surface area (Å²) in [6, 6.07) is 12.2. The number of esters is 1. The fourth-order valence-electron chi connectivity index (χ4n) is 1.79. The van der Waals surface area contributed by atoms with E-state index in [4.69, 9.17) is 9.47 Å². The first-order valence-corrected chi connectivity index (χ1v) is 5.97. The van der Waals surface area contributed by atoms with Gasteiger partial charge in [0, 0.05) is 17.8 Å². The van der Waals surface area contributed by atoms with Crippen LogP contribution in [0.25, 0.3) is 0 Å². The van der Waals surface area contributed by atoms with E-state index in [9.17, 15) is 9.90 Å². The molecule has 2 rings (SSSR count). The predicted molar refractivity (Wildman–Crippen MR) is 75.7 cm³/mol. The first kappa shape index (κ1) is 13.7. The van der Waals surface area contributed by atoms with Crippen molar-refractivity contribution in [3.63, 3.8) is 0 Å². The number of ether oxygens (including phenoxy) is 2. The summed E-state index contributed by atoms with van der Waals surface area (Å²) in [5.41, 5.74) is 1.52. The van der Waals surface area contributed by atoms with Gasteiger partial charge in [-0.25, -0.2) is 4.79 Å². The normalized spacial score (nSPS) is 9.90. The van der Waals surface area contributed by atoms with Crippen LogP contribution in [0.2, 0.25) is 0 Å². The van der Waals surface area contributed by atoms with Crippen LogP contribution in [0.4, 0.5) is 11.4 Å². The van der Waals surface area contributed by atoms with E-state index in [1.54, 1.807) is 0 Å². The van der Waals surface area contributed by atoms with E-state index < -0.39 is 5.97 Å². The molecule has 0 radical (unpaired) electrons. The molecule has 104 valence electrons. The minimum absolute atomic E-state index is 0.0569. The van der Waals surface area contributed by atoms with Crippen molar-refractivity contribution in [3.8, 4) is 11.5 Å². The lowest BCUT2D eigenvalue weighted by Crippen LogP contribution is -2.06. The van der Waals surface area contributed by atoms with E-state index in [2.05, 4.69) is 5.32 Å². The summed E-state index contributed by atoms with van der Waals surface area (Å²) in [5, 5.41) is 12.9. The first-order valence-electron chi connectivity index (χ1n) is 5.97. The van der Waals surface area contributed by atoms with Crippen LogP contribution in [0.1, 0.15) is 10.4 Å². The average Bonchev–Trinajstić information content (AvgIpc) is 2.48. The van der Waals surface area contributed by atoms with Crippen molar-refractivity contribution < 1.29 is 19.4 Å². The van der Waals surface area contributed by atoms with E-state index in [1.165, 1.54) is 26.4 Å². The largest absolute Gasteiger partial charge is 0.504 e. The number of hydrogen-bond acceptors (Lipinski definition) is 5. The number of carbonyl (C=O) groups excluding carboxylic acids is 1. The molecule has 0 bridgehead atoms. The summed E-state index contributed by atoms with van der Waals surface area (Å²) in [6.07, 6.45) is 0. The zero-order valence-corrected chi connectivity index (χ0v) is 11.2. The highest BCUT2D eigenvalue weighted by molar-refractivity contribution is 5.97. The van der Waals surface area contributed by atoms with Gasteiger partial charge in [-0.05, 0) is 12.1 Å². The van der Waals surface area contributed by atoms with Gasteiger partial charge in [-0.3, -0.25) is 0 Å². The topological polar surface area (TPSA) is 67.8 Å². The smallest absolute Gasteiger partial charge is 0.340 e. The SMILES string of the molecule is COC(=O)c1cc(OC)c(O)cc1Nc1ccccc1. The summed E-state index contributed by atoms with van der Waals surface area (Å²) in [5.74, 6) is -0.357. The van der Waals surface area contributed by atoms with Crippen molar-refractivity contribution in [1.82, 2.24) is 0 Å². The van der Waals surface area contributed by atoms with Crippen LogP contribution in [-0.2, 0) is 4.74 Å². The van der Waals surface area contributed by atoms with E-state index in [1.807, 2.05) is 30.3 Å². The third-order valence-electron chi connectivity index (χ3n) is 2.78. The molecule has 0 fully saturated rings. The molecule has 20 heavy (non-hydrogen) atoms. The number of hydrogen-bond donors (Lipinski definition) is 2. The van der Waals surface area contributed by atoms with Gasteiger partial charge in [-0.2, -0.15) is 0 Å². The average molecular weight is 273 g/mol. The third kappa shape index (κ3) is 2.83. The minimum Gasteiger partial charge on any atom is -0.504 e. The number of phenols is 1. The quantitative estimate of drug-likeness (QED) is 0.838. The number of aromatic hydroxyl groups is 1. The number of para-hydroxylation sites is 1. The van der Waals surface area contributed by atoms with Gasteiger partial charge in [0.05, 0.1) is 25.5 Å². The second-order valence-corrected chi connectivity index (χ2v) is 4.05. The molecule has 0 amide bonds. The molecule has 0 heterocycles. The molecule has 2 N–H and O–H groups in total. The maximum Gasteiger partial charge on any atom is 0.340 e. The number of carbonyl (C=O) groups is 1. The number of benzene rings is 2. The monoisotopic (exact) mass is 273 g/mol. The molecule has 2 aromatic carbocycles. The van der Waals surface area contributed by atoms with Crippen LogP contribution in [0.5, 0.6) is 11.5 Å². The third-order valence-corrected chi connectivity index (χ3v) is 2.78. The fraction of sp³-hybridized carbons (Fsp3) is 0.133. The molecule has 0 saturated heterocycles. The molecule has 0 spiro atoms. The van der Waals surface area contributed by atoms with E-state index >= 15 is 0 Å². The van der Waals surface area contributed by atoms with Crippen LogP contribution in [0.15, 0.2) is 42.5 Å². The van der Waals surface area contributed by atoms with Crippen molar-refractivity contribution in [2.24, 2.45) is 0 Å². The number of rotatable bonds is 4. The lowest BCUT2D eigenvalue weighted by Gasteiger charge is -2.13. The van der Waals surface area contributed by atoms with Crippen molar-refractivity contribution in [3.05, 3.63) is 48.0 Å². The van der Waals surface area contributed by atoms with E-state index in [-0.39, 0.29) is 17.1 Å². The summed E-state index contributed by atoms with van der Waals surface area (Å²) in [7, 11) is 2.72. The van der Waals surface area contributed by atoms with Crippen molar-refractivity contribution in [2.75, 3.05) is 19.5 Å². The molecule has 2 aromatic rings. The summed E-state index contributed by atoms with van der Waals surface area (Å²) < 4.78 is 9.74. The lowest BCUT2D eigenvalue weighted by atomic mass is 10.1. The molecule has 0 atom stereocenters. The molecule has 0 aliphatic carbocycles. The zero-order chi connectivity index (χ0) is 14.5. The number of nitrogens with one attached hydrogen (secondary N) is 1. The number of phenolic OH excluding ortho intramolecular Hbond substituents is 1. The van der Waals surface area contributed by atoms with Crippen LogP contribution >= 0.6 is 0 Å². The van der Waals surface area contributed by atoms with Gasteiger partial charge in [0.25, 0.3) is 0 Å². The highest BCUT2D eigenvalue weighted by atomic mass is 16.5. The molecule has 0 saturated carbocycles. The highest BCUT2D eigenvalue weighted by Crippen LogP contribution is 2.34. The van der Waals surface area contributed by atoms with Crippen LogP contribution in [0.3, 0.4) is 0 Å². The Labute approximate surface area is 116 Å². The summed E-state index contributed by atoms with van der Waals surface area (Å²) >= 11 is 0. The van der Waals surface area contributed by atoms with Crippen molar-refractivity contribution >= 4 is 17.3 Å². The Morgan fingerprint density at radius 2 is 1.85 bits per heavy atom. The predicted octanol–water partition coefficient (Wildman–Crippen LogP) is 2.93. The maximum absolute atomic E-state index is 11.8. The molecule has 0 aliphatic rings. The zero-order valence-electron chi connectivity index (χ0n) is 11.2. The molecule has 0 unspecified atom stereocenters. The number of methoxy groups -OCH3 is 2. The Morgan fingerprint density at radius 1 is 1.15 bits per heavy atom. The molecule has 0 aromatic heterocycles. The molecule has 0 aliphatic heterocycles. The highest BCUT2D eigenvalue weighted by Gasteiger charge is 2.16. The van der Waals surface area contributed by atoms with Gasteiger partial charge in [0.2, 0.25) is 0 Å². The molecule has 5 heteroatoms. The van der Waals surface area contributed by atoms with Gasteiger partial charge < -0.3 is 19.9 Å². The van der Waals surface area contributed by atoms with E-state index in [0.717, 1.165) is 5.69 Å². The van der Waals surface area contributed by atoms with Crippen LogP contribution < -0.4 is 10.1 Å². The standard InChI is InChI=1S/C15H15NO4/c1-19-14-8-11(15(18)20-2)12(9-13(14)17)16-10-6-4-3-5-7-10/h3-9,16-17H,1-2H3. The Balaban J connectivity index is 2.45. The Kier molecular flexibility index (Phi) is 4.10. The van der Waals surface area contributed by atoms with Gasteiger partial charge in [-0.1, -0.05) is 18.2 Å². The van der Waals surface area contributed by atoms with E-state index in [0.29, 0.717) is 5.69 Å². The first-order chi connectivity index (χ1) is 9.65. The Hall–Kier alpha value is -2.69. The second-order valence-electron chi connectivity index (χ2n) is 4.05. The summed E-state index contributed by atoms with van der Waals surface area (Å²) in [4.78, 5) is 11.8. The molecule has 5 nitrogen and oxygen atoms in total. The minimum atomic E-state index is -0.512. The Morgan fingerprint density at radius 3 is 2.45 bits per heavy atom. The van der Waals surface area contributed by atoms with Gasteiger partial charge in [0.15, 0.2) is 11.5 Å². The maximum atomic E-state index is 11.8. The van der Waals surface area contributed by atoms with Crippen molar-refractivity contribution in [2.45, 2.75) is 0 Å². The molecular formula is C15H15NO4.